The number of piperidine rings is 1. The molecule has 5 heterocycles. The zero-order valence-corrected chi connectivity index (χ0v) is 30.3. The van der Waals surface area contributed by atoms with Crippen molar-refractivity contribution in [2.75, 3.05) is 19.7 Å². The van der Waals surface area contributed by atoms with Gasteiger partial charge in [-0.2, -0.15) is 5.06 Å². The molecule has 1 fully saturated rings. The van der Waals surface area contributed by atoms with E-state index in [1.165, 1.54) is 11.8 Å². The summed E-state index contributed by atoms with van der Waals surface area (Å²) in [5.74, 6) is -0.164. The van der Waals surface area contributed by atoms with E-state index in [-0.39, 0.29) is 29.7 Å². The molecule has 13 heteroatoms. The van der Waals surface area contributed by atoms with Crippen LogP contribution in [0.1, 0.15) is 76.2 Å². The number of imidazole rings is 1. The molecule has 1 aromatic carbocycles. The maximum absolute atomic E-state index is 13.8. The number of esters is 1. The predicted octanol–water partition coefficient (Wildman–Crippen LogP) is 7.64. The van der Waals surface area contributed by atoms with Gasteiger partial charge in [-0.05, 0) is 81.9 Å². The van der Waals surface area contributed by atoms with Gasteiger partial charge in [0.05, 0.1) is 53.9 Å². The van der Waals surface area contributed by atoms with Crippen LogP contribution in [0, 0.1) is 5.92 Å². The van der Waals surface area contributed by atoms with Crippen LogP contribution in [0.4, 0.5) is 5.69 Å². The van der Waals surface area contributed by atoms with Crippen LogP contribution in [-0.4, -0.2) is 71.1 Å². The van der Waals surface area contributed by atoms with Crippen molar-refractivity contribution in [2.24, 2.45) is 10.9 Å². The lowest BCUT2D eigenvalue weighted by Gasteiger charge is -2.39. The maximum Gasteiger partial charge on any atom is 0.357 e. The molecule has 11 nitrogen and oxygen atoms in total. The van der Waals surface area contributed by atoms with E-state index >= 15 is 0 Å². The van der Waals surface area contributed by atoms with Gasteiger partial charge in [-0.1, -0.05) is 20.8 Å². The van der Waals surface area contributed by atoms with Gasteiger partial charge < -0.3 is 23.5 Å². The zero-order chi connectivity index (χ0) is 33.9. The molecule has 250 valence electrons. The summed E-state index contributed by atoms with van der Waals surface area (Å²) in [4.78, 5) is 48.7. The van der Waals surface area contributed by atoms with Crippen LogP contribution in [0.2, 0.25) is 18.1 Å². The Hall–Kier alpha value is -3.65. The fourth-order valence-electron chi connectivity index (χ4n) is 5.69. The summed E-state index contributed by atoms with van der Waals surface area (Å²) < 4.78 is 18.2. The van der Waals surface area contributed by atoms with Crippen molar-refractivity contribution in [3.8, 4) is 5.75 Å². The van der Waals surface area contributed by atoms with Crippen LogP contribution < -0.4 is 4.43 Å². The molecule has 1 saturated heterocycles. The molecule has 4 aromatic rings. The van der Waals surface area contributed by atoms with Crippen molar-refractivity contribution in [1.82, 2.24) is 20.0 Å². The zero-order valence-electron chi connectivity index (χ0n) is 28.4. The molecule has 3 aromatic heterocycles. The van der Waals surface area contributed by atoms with Gasteiger partial charge in [0, 0.05) is 23.5 Å². The Kier molecular flexibility index (Phi) is 8.56. The number of Topliss-reactive ketones (excluding diaryl/α,β-unsaturated/α-hetero) is 1. The summed E-state index contributed by atoms with van der Waals surface area (Å²) in [5.41, 5.74) is 3.26. The highest BCUT2D eigenvalue weighted by atomic mass is 32.2. The highest BCUT2D eigenvalue weighted by molar-refractivity contribution is 7.99. The van der Waals surface area contributed by atoms with Crippen LogP contribution in [0.3, 0.4) is 0 Å². The van der Waals surface area contributed by atoms with E-state index in [1.54, 1.807) is 18.2 Å². The van der Waals surface area contributed by atoms with Gasteiger partial charge in [-0.25, -0.2) is 9.78 Å². The van der Waals surface area contributed by atoms with Crippen LogP contribution in [0.15, 0.2) is 56.2 Å². The van der Waals surface area contributed by atoms with Gasteiger partial charge >= 0.3 is 5.97 Å². The molecule has 6 rings (SSSR count). The number of carbonyl (C=O) groups excluding carboxylic acids is 2. The smallest absolute Gasteiger partial charge is 0.357 e. The van der Waals surface area contributed by atoms with E-state index in [9.17, 15) is 9.59 Å². The number of carbonyl (C=O) groups is 2. The minimum absolute atomic E-state index is 0.0348. The van der Waals surface area contributed by atoms with Crippen molar-refractivity contribution in [3.63, 3.8) is 0 Å². The number of hydroxylamine groups is 2. The number of benzene rings is 1. The summed E-state index contributed by atoms with van der Waals surface area (Å²) in [7, 11) is -1.99. The van der Waals surface area contributed by atoms with Gasteiger partial charge in [0.1, 0.15) is 11.5 Å². The summed E-state index contributed by atoms with van der Waals surface area (Å²) in [6, 6.07) is 9.70. The molecule has 0 spiro atoms. The average molecular weight is 678 g/mol. The highest BCUT2D eigenvalue weighted by Crippen LogP contribution is 2.47. The first-order valence-corrected chi connectivity index (χ1v) is 19.6. The monoisotopic (exact) mass is 677 g/mol. The number of ketones is 1. The van der Waals surface area contributed by atoms with Crippen LogP contribution in [-0.2, 0) is 14.4 Å². The molecule has 0 bridgehead atoms. The second-order valence-corrected chi connectivity index (χ2v) is 20.3. The van der Waals surface area contributed by atoms with E-state index in [0.29, 0.717) is 39.5 Å². The lowest BCUT2D eigenvalue weighted by molar-refractivity contribution is -0.222. The number of furan rings is 1. The van der Waals surface area contributed by atoms with Gasteiger partial charge in [-0.3, -0.25) is 14.6 Å². The number of rotatable bonds is 8. The number of hydrogen-bond donors (Lipinski definition) is 2. The quantitative estimate of drug-likeness (QED) is 0.142. The number of hydrogen-bond acceptors (Lipinski definition) is 10. The first kappa shape index (κ1) is 33.3. The lowest BCUT2D eigenvalue weighted by atomic mass is 9.75. The number of nitrogens with one attached hydrogen (secondary N) is 2. The number of aliphatic imine (C=N–C) groups is 1. The van der Waals surface area contributed by atoms with Crippen molar-refractivity contribution in [2.45, 2.75) is 88.4 Å². The van der Waals surface area contributed by atoms with Gasteiger partial charge in [0.2, 0.25) is 8.32 Å². The topological polar surface area (TPSA) is 135 Å². The van der Waals surface area contributed by atoms with E-state index < -0.39 is 31.7 Å². The molecule has 47 heavy (non-hydrogen) atoms. The fourth-order valence-corrected chi connectivity index (χ4v) is 7.48. The van der Waals surface area contributed by atoms with Gasteiger partial charge in [-0.15, -0.1) is 0 Å². The van der Waals surface area contributed by atoms with Crippen LogP contribution >= 0.6 is 11.8 Å². The Morgan fingerprint density at radius 1 is 1.11 bits per heavy atom. The molecular weight excluding hydrogens is 635 g/mol. The van der Waals surface area contributed by atoms with Crippen molar-refractivity contribution >= 4 is 54.3 Å². The van der Waals surface area contributed by atoms with E-state index in [1.807, 2.05) is 51.1 Å². The summed E-state index contributed by atoms with van der Waals surface area (Å²) >= 11 is 1.37. The highest BCUT2D eigenvalue weighted by Gasteiger charge is 2.46. The van der Waals surface area contributed by atoms with Crippen molar-refractivity contribution in [3.05, 3.63) is 53.5 Å². The van der Waals surface area contributed by atoms with Crippen molar-refractivity contribution < 1.29 is 28.0 Å². The summed E-state index contributed by atoms with van der Waals surface area (Å²) in [5, 5.41) is 3.02. The second kappa shape index (κ2) is 12.1. The third kappa shape index (κ3) is 6.71. The third-order valence-electron chi connectivity index (χ3n) is 8.78. The largest absolute Gasteiger partial charge is 0.543 e. The summed E-state index contributed by atoms with van der Waals surface area (Å²) in [6.07, 6.45) is 1.73. The number of H-pyrrole nitrogens is 2. The Balaban J connectivity index is 1.29. The first-order valence-electron chi connectivity index (χ1n) is 15.9. The molecule has 2 aliphatic rings. The number of nitrogens with zero attached hydrogens (tertiary/aromatic N) is 3. The Morgan fingerprint density at radius 2 is 1.87 bits per heavy atom. The minimum atomic E-state index is -1.99. The Labute approximate surface area is 279 Å². The van der Waals surface area contributed by atoms with Crippen LogP contribution in [0.25, 0.3) is 11.0 Å². The molecular formula is C34H43N5O6SSi. The van der Waals surface area contributed by atoms with E-state index in [4.69, 9.17) is 28.4 Å². The molecule has 0 saturated carbocycles. The SMILES string of the molecule is CCOC(=O)c1[nH]cc2c1N=C1CN(OC(C)(C)C)CC(=O)C1C2c1ccc(Sc2nc3ccc(O[Si](C)(C)C(C)(C)C)cc3[nH]2)o1. The Bertz CT molecular complexity index is 1860. The number of aromatic amines is 2. The summed E-state index contributed by atoms with van der Waals surface area (Å²) in [6.45, 7) is 19.3. The molecule has 0 radical (unpaired) electrons. The number of aromatic nitrogens is 3. The number of ether oxygens (including phenoxy) is 1. The van der Waals surface area contributed by atoms with Gasteiger partial charge in [0.25, 0.3) is 0 Å². The van der Waals surface area contributed by atoms with Crippen LogP contribution in [0.5, 0.6) is 5.75 Å². The second-order valence-electron chi connectivity index (χ2n) is 14.6. The van der Waals surface area contributed by atoms with Crippen molar-refractivity contribution in [1.29, 1.82) is 0 Å². The molecule has 2 N–H and O–H groups in total. The fraction of sp³-hybridized carbons (Fsp3) is 0.471. The van der Waals surface area contributed by atoms with Gasteiger partial charge in [0.15, 0.2) is 21.7 Å². The standard InChI is InChI=1S/C34H43N5O6SSi/c1-10-42-31(41)30-29-20(16-35-30)27(28-23(36-29)17-39(18-24(28)40)45-33(2,3)4)25-13-14-26(43-25)46-32-37-21-12-11-19(15-22(21)38-32)44-47(8,9)34(5,6)7/h11-16,27-28,35H,10,17-18H2,1-9H3,(H,37,38). The normalized spacial score (nSPS) is 19.0. The van der Waals surface area contributed by atoms with E-state index in [0.717, 1.165) is 16.8 Å². The number of fused-ring (bicyclic) bond motifs is 3. The Morgan fingerprint density at radius 3 is 2.57 bits per heavy atom. The molecule has 2 atom stereocenters. The average Bonchev–Trinajstić information content (AvgIpc) is 3.68. The molecule has 2 unspecified atom stereocenters. The third-order valence-corrected chi connectivity index (χ3v) is 13.9. The van der Waals surface area contributed by atoms with E-state index in [2.05, 4.69) is 43.8 Å². The first-order chi connectivity index (χ1) is 22.0. The predicted molar refractivity (Wildman–Crippen MR) is 183 cm³/mol. The molecule has 0 amide bonds. The molecule has 0 aliphatic carbocycles. The maximum atomic E-state index is 13.8. The molecule has 2 aliphatic heterocycles. The lowest BCUT2D eigenvalue weighted by Crippen LogP contribution is -2.52. The minimum Gasteiger partial charge on any atom is -0.543 e.